The van der Waals surface area contributed by atoms with Gasteiger partial charge in [-0.3, -0.25) is 14.6 Å². The van der Waals surface area contributed by atoms with E-state index in [9.17, 15) is 9.59 Å². The van der Waals surface area contributed by atoms with Gasteiger partial charge < -0.3 is 15.5 Å². The predicted molar refractivity (Wildman–Crippen MR) is 84.2 cm³/mol. The second kappa shape index (κ2) is 7.35. The number of piperidine rings is 1. The monoisotopic (exact) mass is 304 g/mol. The van der Waals surface area contributed by atoms with Gasteiger partial charge in [0.1, 0.15) is 0 Å². The lowest BCUT2D eigenvalue weighted by molar-refractivity contribution is -0.137. The smallest absolute Gasteiger partial charge is 0.253 e. The molecule has 6 nitrogen and oxygen atoms in total. The quantitative estimate of drug-likeness (QED) is 0.890. The maximum absolute atomic E-state index is 12.5. The molecule has 0 bridgehead atoms. The Balaban J connectivity index is 2.03. The molecule has 120 valence electrons. The molecule has 2 amide bonds. The summed E-state index contributed by atoms with van der Waals surface area (Å²) < 4.78 is 0. The van der Waals surface area contributed by atoms with E-state index in [-0.39, 0.29) is 23.8 Å². The van der Waals surface area contributed by atoms with E-state index in [0.29, 0.717) is 25.2 Å². The van der Waals surface area contributed by atoms with E-state index in [0.717, 1.165) is 12.8 Å². The number of rotatable bonds is 4. The fourth-order valence-electron chi connectivity index (χ4n) is 2.70. The largest absolute Gasteiger partial charge is 0.341 e. The van der Waals surface area contributed by atoms with E-state index < -0.39 is 0 Å². The van der Waals surface area contributed by atoms with Crippen molar-refractivity contribution in [2.75, 3.05) is 26.7 Å². The maximum Gasteiger partial charge on any atom is 0.253 e. The summed E-state index contributed by atoms with van der Waals surface area (Å²) in [4.78, 5) is 32.4. The third-order valence-electron chi connectivity index (χ3n) is 4.34. The fraction of sp³-hybridized carbons (Fsp3) is 0.562. The molecule has 0 aromatic carbocycles. The minimum atomic E-state index is -0.140. The van der Waals surface area contributed by atoms with Gasteiger partial charge in [0.15, 0.2) is 0 Å². The molecule has 1 fully saturated rings. The normalized spacial score (nSPS) is 19.6. The Labute approximate surface area is 131 Å². The lowest BCUT2D eigenvalue weighted by atomic mass is 9.95. The number of carbonyl (C=O) groups excluding carboxylic acids is 2. The first-order valence-corrected chi connectivity index (χ1v) is 7.70. The summed E-state index contributed by atoms with van der Waals surface area (Å²) in [7, 11) is 1.78. The average Bonchev–Trinajstić information content (AvgIpc) is 2.59. The Kier molecular flexibility index (Phi) is 5.49. The van der Waals surface area contributed by atoms with Crippen molar-refractivity contribution in [1.82, 2.24) is 14.8 Å². The zero-order valence-electron chi connectivity index (χ0n) is 13.2. The van der Waals surface area contributed by atoms with E-state index in [1.807, 2.05) is 6.92 Å². The molecule has 0 radical (unpaired) electrons. The number of likely N-dealkylation sites (N-methyl/N-ethyl adjacent to an activating group) is 1. The predicted octanol–water partition coefficient (Wildman–Crippen LogP) is 0.739. The van der Waals surface area contributed by atoms with Crippen LogP contribution in [0, 0.1) is 5.92 Å². The van der Waals surface area contributed by atoms with Crippen molar-refractivity contribution in [2.45, 2.75) is 25.8 Å². The number of hydrogen-bond donors (Lipinski definition) is 1. The molecule has 22 heavy (non-hydrogen) atoms. The Bertz CT molecular complexity index is 520. The summed E-state index contributed by atoms with van der Waals surface area (Å²) in [6, 6.07) is 3.42. The number of aromatic nitrogens is 1. The first kappa shape index (κ1) is 16.4. The number of likely N-dealkylation sites (tertiary alicyclic amines) is 1. The van der Waals surface area contributed by atoms with Crippen LogP contribution >= 0.6 is 0 Å². The summed E-state index contributed by atoms with van der Waals surface area (Å²) in [5, 5.41) is 0. The average molecular weight is 304 g/mol. The molecule has 2 atom stereocenters. The fourth-order valence-corrected chi connectivity index (χ4v) is 2.70. The highest BCUT2D eigenvalue weighted by atomic mass is 16.2. The van der Waals surface area contributed by atoms with Crippen LogP contribution in [0.1, 0.15) is 30.1 Å². The van der Waals surface area contributed by atoms with Crippen LogP contribution < -0.4 is 5.73 Å². The highest BCUT2D eigenvalue weighted by Crippen LogP contribution is 2.21. The van der Waals surface area contributed by atoms with E-state index in [1.54, 1.807) is 41.4 Å². The lowest BCUT2D eigenvalue weighted by Gasteiger charge is -2.35. The maximum atomic E-state index is 12.5. The summed E-state index contributed by atoms with van der Waals surface area (Å²) in [5.41, 5.74) is 6.24. The Morgan fingerprint density at radius 1 is 1.45 bits per heavy atom. The van der Waals surface area contributed by atoms with Gasteiger partial charge in [-0.2, -0.15) is 0 Å². The molecule has 1 aliphatic rings. The number of nitrogens with zero attached hydrogens (tertiary/aromatic N) is 3. The lowest BCUT2D eigenvalue weighted by Crippen LogP contribution is -2.49. The zero-order chi connectivity index (χ0) is 16.1. The van der Waals surface area contributed by atoms with Crippen LogP contribution in [0.4, 0.5) is 0 Å². The molecule has 2 heterocycles. The highest BCUT2D eigenvalue weighted by Gasteiger charge is 2.31. The first-order valence-electron chi connectivity index (χ1n) is 7.70. The van der Waals surface area contributed by atoms with Crippen LogP contribution in [-0.2, 0) is 4.79 Å². The van der Waals surface area contributed by atoms with Crippen LogP contribution in [0.5, 0.6) is 0 Å². The molecule has 0 aliphatic carbocycles. The van der Waals surface area contributed by atoms with E-state index in [2.05, 4.69) is 4.98 Å². The molecular weight excluding hydrogens is 280 g/mol. The standard InChI is InChI=1S/C16H24N4O2/c1-12(10-17)19(2)15(21)14-4-3-9-20(11-14)16(22)13-5-7-18-8-6-13/h5-8,12,14H,3-4,9-11,17H2,1-2H3. The van der Waals surface area contributed by atoms with Crippen LogP contribution in [0.25, 0.3) is 0 Å². The SMILES string of the molecule is CC(CN)N(C)C(=O)C1CCCN(C(=O)c2ccncc2)C1. The molecule has 2 rings (SSSR count). The molecule has 2 unspecified atom stereocenters. The Morgan fingerprint density at radius 2 is 2.14 bits per heavy atom. The van der Waals surface area contributed by atoms with Crippen molar-refractivity contribution in [3.63, 3.8) is 0 Å². The van der Waals surface area contributed by atoms with Crippen molar-refractivity contribution < 1.29 is 9.59 Å². The zero-order valence-corrected chi connectivity index (χ0v) is 13.2. The molecular formula is C16H24N4O2. The second-order valence-corrected chi connectivity index (χ2v) is 5.86. The van der Waals surface area contributed by atoms with Gasteiger partial charge in [-0.05, 0) is 31.9 Å². The number of carbonyl (C=O) groups is 2. The van der Waals surface area contributed by atoms with Gasteiger partial charge in [0, 0.05) is 50.7 Å². The van der Waals surface area contributed by atoms with Gasteiger partial charge >= 0.3 is 0 Å². The minimum absolute atomic E-state index is 0.0128. The van der Waals surface area contributed by atoms with E-state index >= 15 is 0 Å². The highest BCUT2D eigenvalue weighted by molar-refractivity contribution is 5.94. The number of pyridine rings is 1. The van der Waals surface area contributed by atoms with Gasteiger partial charge in [0.2, 0.25) is 5.91 Å². The van der Waals surface area contributed by atoms with Crippen molar-refractivity contribution >= 4 is 11.8 Å². The summed E-state index contributed by atoms with van der Waals surface area (Å²) >= 11 is 0. The van der Waals surface area contributed by atoms with Gasteiger partial charge in [0.25, 0.3) is 5.91 Å². The van der Waals surface area contributed by atoms with Crippen LogP contribution in [0.2, 0.25) is 0 Å². The molecule has 1 saturated heterocycles. The van der Waals surface area contributed by atoms with Gasteiger partial charge in [-0.15, -0.1) is 0 Å². The second-order valence-electron chi connectivity index (χ2n) is 5.86. The summed E-state index contributed by atoms with van der Waals surface area (Å²) in [5.74, 6) is -0.0989. The van der Waals surface area contributed by atoms with E-state index in [4.69, 9.17) is 5.73 Å². The molecule has 0 saturated carbocycles. The van der Waals surface area contributed by atoms with Crippen molar-refractivity contribution in [2.24, 2.45) is 11.7 Å². The number of hydrogen-bond acceptors (Lipinski definition) is 4. The molecule has 6 heteroatoms. The van der Waals surface area contributed by atoms with Crippen molar-refractivity contribution in [1.29, 1.82) is 0 Å². The molecule has 2 N–H and O–H groups in total. The minimum Gasteiger partial charge on any atom is -0.341 e. The third kappa shape index (κ3) is 3.62. The van der Waals surface area contributed by atoms with Crippen LogP contribution in [0.15, 0.2) is 24.5 Å². The number of amides is 2. The summed E-state index contributed by atoms with van der Waals surface area (Å²) in [6.45, 7) is 3.54. The van der Waals surface area contributed by atoms with Crippen LogP contribution in [0.3, 0.4) is 0 Å². The van der Waals surface area contributed by atoms with Gasteiger partial charge in [-0.1, -0.05) is 0 Å². The van der Waals surface area contributed by atoms with Crippen LogP contribution in [-0.4, -0.2) is 59.3 Å². The third-order valence-corrected chi connectivity index (χ3v) is 4.34. The van der Waals surface area contributed by atoms with Gasteiger partial charge in [-0.25, -0.2) is 0 Å². The topological polar surface area (TPSA) is 79.5 Å². The molecule has 1 aromatic rings. The number of nitrogens with two attached hydrogens (primary N) is 1. The van der Waals surface area contributed by atoms with Gasteiger partial charge in [0.05, 0.1) is 5.92 Å². The Morgan fingerprint density at radius 3 is 2.77 bits per heavy atom. The summed E-state index contributed by atoms with van der Waals surface area (Å²) in [6.07, 6.45) is 4.88. The van der Waals surface area contributed by atoms with Crippen molar-refractivity contribution in [3.05, 3.63) is 30.1 Å². The molecule has 0 spiro atoms. The van der Waals surface area contributed by atoms with E-state index in [1.165, 1.54) is 0 Å². The molecule has 1 aliphatic heterocycles. The van der Waals surface area contributed by atoms with Crippen molar-refractivity contribution in [3.8, 4) is 0 Å². The first-order chi connectivity index (χ1) is 10.5. The Hall–Kier alpha value is -1.95. The molecule has 1 aromatic heterocycles.